The standard InChI is InChI=1S/C15H12ClNO2S/c16-14-4-3-12(20-14)9-17-6-5-11-2-1-10(7-13(11)17)8-15(18)19/h1-7H,8-9H2,(H,18,19). The van der Waals surface area contributed by atoms with E-state index in [-0.39, 0.29) is 6.42 Å². The van der Waals surface area contributed by atoms with Gasteiger partial charge in [-0.25, -0.2) is 0 Å². The molecular weight excluding hydrogens is 294 g/mol. The molecule has 2 aromatic heterocycles. The van der Waals surface area contributed by atoms with E-state index in [2.05, 4.69) is 4.57 Å². The summed E-state index contributed by atoms with van der Waals surface area (Å²) in [5.41, 5.74) is 1.86. The molecule has 3 aromatic rings. The number of hydrogen-bond donors (Lipinski definition) is 1. The normalized spacial score (nSPS) is 11.1. The topological polar surface area (TPSA) is 42.2 Å². The second-order valence-corrected chi connectivity index (χ2v) is 6.41. The van der Waals surface area contributed by atoms with Gasteiger partial charge < -0.3 is 9.67 Å². The first-order chi connectivity index (χ1) is 9.61. The molecule has 102 valence electrons. The van der Waals surface area contributed by atoms with Crippen LogP contribution in [0, 0.1) is 0 Å². The predicted molar refractivity (Wildman–Crippen MR) is 81.7 cm³/mol. The minimum atomic E-state index is -0.813. The van der Waals surface area contributed by atoms with Gasteiger partial charge in [0.2, 0.25) is 0 Å². The molecule has 5 heteroatoms. The molecular formula is C15H12ClNO2S. The molecule has 0 radical (unpaired) electrons. The SMILES string of the molecule is O=C(O)Cc1ccc2ccn(Cc3ccc(Cl)s3)c2c1. The fourth-order valence-corrected chi connectivity index (χ4v) is 3.34. The van der Waals surface area contributed by atoms with Gasteiger partial charge in [-0.15, -0.1) is 11.3 Å². The average Bonchev–Trinajstić information content (AvgIpc) is 2.97. The molecule has 0 aliphatic carbocycles. The van der Waals surface area contributed by atoms with Gasteiger partial charge in [-0.2, -0.15) is 0 Å². The number of nitrogens with zero attached hydrogens (tertiary/aromatic N) is 1. The van der Waals surface area contributed by atoms with Crippen LogP contribution in [0.15, 0.2) is 42.6 Å². The molecule has 0 aliphatic rings. The Hall–Kier alpha value is -1.78. The Balaban J connectivity index is 1.96. The van der Waals surface area contributed by atoms with Gasteiger partial charge in [0, 0.05) is 16.6 Å². The summed E-state index contributed by atoms with van der Waals surface area (Å²) >= 11 is 7.51. The fraction of sp³-hybridized carbons (Fsp3) is 0.133. The summed E-state index contributed by atoms with van der Waals surface area (Å²) in [6.07, 6.45) is 2.06. The van der Waals surface area contributed by atoms with E-state index in [0.717, 1.165) is 27.3 Å². The highest BCUT2D eigenvalue weighted by Gasteiger charge is 2.07. The van der Waals surface area contributed by atoms with Gasteiger partial charge in [0.05, 0.1) is 17.3 Å². The van der Waals surface area contributed by atoms with E-state index >= 15 is 0 Å². The zero-order valence-corrected chi connectivity index (χ0v) is 12.1. The number of rotatable bonds is 4. The summed E-state index contributed by atoms with van der Waals surface area (Å²) in [5.74, 6) is -0.813. The third-order valence-electron chi connectivity index (χ3n) is 3.15. The maximum absolute atomic E-state index is 10.8. The lowest BCUT2D eigenvalue weighted by Gasteiger charge is -2.05. The number of carboxylic acid groups (broad SMARTS) is 1. The van der Waals surface area contributed by atoms with Crippen molar-refractivity contribution >= 4 is 39.8 Å². The Morgan fingerprint density at radius 3 is 2.80 bits per heavy atom. The summed E-state index contributed by atoms with van der Waals surface area (Å²) in [6.45, 7) is 0.747. The minimum Gasteiger partial charge on any atom is -0.481 e. The number of aliphatic carboxylic acids is 1. The quantitative estimate of drug-likeness (QED) is 0.790. The average molecular weight is 306 g/mol. The number of halogens is 1. The maximum Gasteiger partial charge on any atom is 0.307 e. The predicted octanol–water partition coefficient (Wildman–Crippen LogP) is 4.03. The van der Waals surface area contributed by atoms with Crippen LogP contribution in [-0.2, 0) is 17.8 Å². The minimum absolute atomic E-state index is 0.0476. The molecule has 3 nitrogen and oxygen atoms in total. The van der Waals surface area contributed by atoms with Gasteiger partial charge in [-0.3, -0.25) is 4.79 Å². The molecule has 2 heterocycles. The summed E-state index contributed by atoms with van der Waals surface area (Å²) in [4.78, 5) is 12.0. The van der Waals surface area contributed by atoms with Crippen molar-refractivity contribution in [1.29, 1.82) is 0 Å². The Morgan fingerprint density at radius 2 is 2.10 bits per heavy atom. The summed E-state index contributed by atoms with van der Waals surface area (Å²) in [5, 5.41) is 9.99. The molecule has 0 spiro atoms. The Morgan fingerprint density at radius 1 is 1.25 bits per heavy atom. The second kappa shape index (κ2) is 5.31. The molecule has 0 bridgehead atoms. The van der Waals surface area contributed by atoms with E-state index < -0.39 is 5.97 Å². The Bertz CT molecular complexity index is 775. The van der Waals surface area contributed by atoms with Crippen molar-refractivity contribution in [3.63, 3.8) is 0 Å². The van der Waals surface area contributed by atoms with Crippen molar-refractivity contribution in [2.45, 2.75) is 13.0 Å². The highest BCUT2D eigenvalue weighted by Crippen LogP contribution is 2.25. The van der Waals surface area contributed by atoms with E-state index in [9.17, 15) is 4.79 Å². The van der Waals surface area contributed by atoms with Gasteiger partial charge in [0.15, 0.2) is 0 Å². The number of hydrogen-bond acceptors (Lipinski definition) is 2. The molecule has 3 rings (SSSR count). The van der Waals surface area contributed by atoms with Gasteiger partial charge in [0.1, 0.15) is 0 Å². The summed E-state index contributed by atoms with van der Waals surface area (Å²) in [6, 6.07) is 11.7. The lowest BCUT2D eigenvalue weighted by Crippen LogP contribution is -2.01. The van der Waals surface area contributed by atoms with E-state index in [0.29, 0.717) is 0 Å². The highest BCUT2D eigenvalue weighted by molar-refractivity contribution is 7.16. The lowest BCUT2D eigenvalue weighted by molar-refractivity contribution is -0.136. The first kappa shape index (κ1) is 13.2. The number of benzene rings is 1. The van der Waals surface area contributed by atoms with Crippen molar-refractivity contribution in [2.75, 3.05) is 0 Å². The molecule has 0 unspecified atom stereocenters. The third kappa shape index (κ3) is 2.71. The van der Waals surface area contributed by atoms with Crippen molar-refractivity contribution < 1.29 is 9.90 Å². The monoisotopic (exact) mass is 305 g/mol. The zero-order valence-electron chi connectivity index (χ0n) is 10.5. The van der Waals surface area contributed by atoms with E-state index in [1.54, 1.807) is 11.3 Å². The van der Waals surface area contributed by atoms with Gasteiger partial charge >= 0.3 is 5.97 Å². The van der Waals surface area contributed by atoms with Crippen LogP contribution in [0.1, 0.15) is 10.4 Å². The number of thiophene rings is 1. The van der Waals surface area contributed by atoms with Crippen LogP contribution < -0.4 is 0 Å². The van der Waals surface area contributed by atoms with Crippen LogP contribution in [-0.4, -0.2) is 15.6 Å². The molecule has 1 aromatic carbocycles. The molecule has 0 aliphatic heterocycles. The van der Waals surface area contributed by atoms with Crippen molar-refractivity contribution in [1.82, 2.24) is 4.57 Å². The first-order valence-corrected chi connectivity index (χ1v) is 7.35. The molecule has 0 atom stereocenters. The molecule has 0 saturated heterocycles. The van der Waals surface area contributed by atoms with Crippen LogP contribution in [0.3, 0.4) is 0 Å². The van der Waals surface area contributed by atoms with Crippen LogP contribution in [0.4, 0.5) is 0 Å². The molecule has 20 heavy (non-hydrogen) atoms. The van der Waals surface area contributed by atoms with Crippen LogP contribution in [0.2, 0.25) is 4.34 Å². The number of aromatic nitrogens is 1. The Kier molecular flexibility index (Phi) is 3.51. The lowest BCUT2D eigenvalue weighted by atomic mass is 10.1. The number of fused-ring (bicyclic) bond motifs is 1. The van der Waals surface area contributed by atoms with Gasteiger partial charge in [0.25, 0.3) is 0 Å². The molecule has 0 fully saturated rings. The third-order valence-corrected chi connectivity index (χ3v) is 4.36. The summed E-state index contributed by atoms with van der Waals surface area (Å²) in [7, 11) is 0. The second-order valence-electron chi connectivity index (χ2n) is 4.61. The Labute approximate surface area is 125 Å². The smallest absolute Gasteiger partial charge is 0.307 e. The van der Waals surface area contributed by atoms with Gasteiger partial charge in [-0.05, 0) is 35.2 Å². The number of carboxylic acids is 1. The van der Waals surface area contributed by atoms with Gasteiger partial charge in [-0.1, -0.05) is 23.7 Å². The molecule has 0 amide bonds. The fourth-order valence-electron chi connectivity index (χ4n) is 2.26. The van der Waals surface area contributed by atoms with E-state index in [4.69, 9.17) is 16.7 Å². The van der Waals surface area contributed by atoms with Crippen LogP contribution >= 0.6 is 22.9 Å². The molecule has 0 saturated carbocycles. The van der Waals surface area contributed by atoms with Crippen molar-refractivity contribution in [3.05, 3.63) is 57.4 Å². The highest BCUT2D eigenvalue weighted by atomic mass is 35.5. The number of carbonyl (C=O) groups is 1. The molecule has 1 N–H and O–H groups in total. The summed E-state index contributed by atoms with van der Waals surface area (Å²) < 4.78 is 2.89. The largest absolute Gasteiger partial charge is 0.481 e. The van der Waals surface area contributed by atoms with E-state index in [1.807, 2.05) is 42.6 Å². The van der Waals surface area contributed by atoms with Crippen LogP contribution in [0.25, 0.3) is 10.9 Å². The zero-order chi connectivity index (χ0) is 14.1. The maximum atomic E-state index is 10.8. The first-order valence-electron chi connectivity index (χ1n) is 6.15. The van der Waals surface area contributed by atoms with Crippen LogP contribution in [0.5, 0.6) is 0 Å². The van der Waals surface area contributed by atoms with Crippen molar-refractivity contribution in [3.8, 4) is 0 Å². The van der Waals surface area contributed by atoms with Crippen molar-refractivity contribution in [2.24, 2.45) is 0 Å². The van der Waals surface area contributed by atoms with E-state index in [1.165, 1.54) is 4.88 Å².